The van der Waals surface area contributed by atoms with Gasteiger partial charge in [-0.3, -0.25) is 0 Å². The van der Waals surface area contributed by atoms with E-state index in [0.717, 1.165) is 0 Å². The van der Waals surface area contributed by atoms with Gasteiger partial charge in [0.1, 0.15) is 0 Å². The van der Waals surface area contributed by atoms with Crippen LogP contribution in [0.25, 0.3) is 0 Å². The van der Waals surface area contributed by atoms with Crippen LogP contribution in [0, 0.1) is 5.41 Å². The van der Waals surface area contributed by atoms with E-state index in [0.29, 0.717) is 13.0 Å². The number of hydrogen-bond acceptors (Lipinski definition) is 2. The zero-order valence-electron chi connectivity index (χ0n) is 10.5. The maximum absolute atomic E-state index is 13.3. The maximum Gasteiger partial charge on any atom is 0.255 e. The lowest BCUT2D eigenvalue weighted by molar-refractivity contribution is -0.0206. The number of halogens is 2. The zero-order valence-corrected chi connectivity index (χ0v) is 10.5. The predicted molar refractivity (Wildman–Crippen MR) is 58.7 cm³/mol. The molecule has 2 fully saturated rings. The summed E-state index contributed by atoms with van der Waals surface area (Å²) < 4.78 is 32.3. The molecular formula is C12H21F2NO. The fraction of sp³-hybridized carbons (Fsp3) is 1.00. The third-order valence-corrected chi connectivity index (χ3v) is 3.96. The molecule has 16 heavy (non-hydrogen) atoms. The van der Waals surface area contributed by atoms with Crippen molar-refractivity contribution in [2.75, 3.05) is 13.6 Å². The van der Waals surface area contributed by atoms with Crippen LogP contribution in [0.5, 0.6) is 0 Å². The maximum atomic E-state index is 13.3. The van der Waals surface area contributed by atoms with E-state index in [4.69, 9.17) is 4.74 Å². The predicted octanol–water partition coefficient (Wildman–Crippen LogP) is 2.53. The third-order valence-electron chi connectivity index (χ3n) is 3.96. The number of likely N-dealkylation sites (tertiary alicyclic amines) is 1. The average Bonchev–Trinajstić information content (AvgIpc) is 2.48. The molecule has 0 aromatic rings. The highest BCUT2D eigenvalue weighted by atomic mass is 19.3. The summed E-state index contributed by atoms with van der Waals surface area (Å²) in [5.41, 5.74) is -0.735. The Hall–Kier alpha value is -0.220. The molecule has 0 bridgehead atoms. The summed E-state index contributed by atoms with van der Waals surface area (Å²) in [4.78, 5) is 2.04. The van der Waals surface area contributed by atoms with Gasteiger partial charge in [-0.2, -0.15) is 0 Å². The molecular weight excluding hydrogens is 212 g/mol. The van der Waals surface area contributed by atoms with Crippen molar-refractivity contribution in [1.29, 1.82) is 0 Å². The molecule has 1 spiro atoms. The Morgan fingerprint density at radius 1 is 1.31 bits per heavy atom. The van der Waals surface area contributed by atoms with Gasteiger partial charge in [-0.1, -0.05) is 0 Å². The molecule has 1 unspecified atom stereocenters. The van der Waals surface area contributed by atoms with E-state index in [1.807, 2.05) is 32.7 Å². The van der Waals surface area contributed by atoms with Gasteiger partial charge >= 0.3 is 0 Å². The molecule has 2 rings (SSSR count). The van der Waals surface area contributed by atoms with Crippen LogP contribution in [0.3, 0.4) is 0 Å². The van der Waals surface area contributed by atoms with Crippen LogP contribution < -0.4 is 0 Å². The van der Waals surface area contributed by atoms with Crippen LogP contribution in [0.4, 0.5) is 8.78 Å². The van der Waals surface area contributed by atoms with Crippen molar-refractivity contribution in [3.8, 4) is 0 Å². The minimum Gasteiger partial charge on any atom is -0.374 e. The molecule has 3 atom stereocenters. The molecule has 94 valence electrons. The molecule has 1 heterocycles. The minimum absolute atomic E-state index is 0.0285. The molecule has 0 aromatic carbocycles. The van der Waals surface area contributed by atoms with Crippen LogP contribution in [-0.2, 0) is 4.74 Å². The molecule has 1 aliphatic heterocycles. The number of alkyl halides is 2. The van der Waals surface area contributed by atoms with Crippen LogP contribution in [-0.4, -0.2) is 42.7 Å². The summed E-state index contributed by atoms with van der Waals surface area (Å²) in [7, 11) is 1.92. The number of nitrogens with zero attached hydrogens (tertiary/aromatic N) is 1. The number of rotatable bonds is 3. The minimum atomic E-state index is -2.44. The lowest BCUT2D eigenvalue weighted by Gasteiger charge is -2.27. The smallest absolute Gasteiger partial charge is 0.255 e. The van der Waals surface area contributed by atoms with Crippen LogP contribution >= 0.6 is 0 Å². The van der Waals surface area contributed by atoms with Crippen molar-refractivity contribution in [2.24, 2.45) is 5.41 Å². The van der Waals surface area contributed by atoms with E-state index < -0.39 is 11.3 Å². The Bertz CT molecular complexity index is 282. The topological polar surface area (TPSA) is 12.5 Å². The highest BCUT2D eigenvalue weighted by Gasteiger charge is 2.74. The van der Waals surface area contributed by atoms with Crippen LogP contribution in [0.15, 0.2) is 0 Å². The SMILES string of the molecule is CC(C)O[C@H](C)[C@@H]1CC2(CN1C)CC2(F)F. The first kappa shape index (κ1) is 12.2. The lowest BCUT2D eigenvalue weighted by Crippen LogP contribution is -2.37. The first-order chi connectivity index (χ1) is 7.27. The fourth-order valence-corrected chi connectivity index (χ4v) is 3.03. The summed E-state index contributed by atoms with van der Waals surface area (Å²) in [6, 6.07) is 0.135. The first-order valence-corrected chi connectivity index (χ1v) is 6.01. The van der Waals surface area contributed by atoms with E-state index in [1.54, 1.807) is 0 Å². The summed E-state index contributed by atoms with van der Waals surface area (Å²) in [6.07, 6.45) is 0.819. The van der Waals surface area contributed by atoms with Gasteiger partial charge in [-0.25, -0.2) is 8.78 Å². The Kier molecular flexibility index (Phi) is 2.78. The van der Waals surface area contributed by atoms with E-state index in [9.17, 15) is 8.78 Å². The van der Waals surface area contributed by atoms with E-state index in [2.05, 4.69) is 0 Å². The van der Waals surface area contributed by atoms with Gasteiger partial charge in [0.05, 0.1) is 17.6 Å². The van der Waals surface area contributed by atoms with Crippen molar-refractivity contribution in [1.82, 2.24) is 4.90 Å². The molecule has 0 radical (unpaired) electrons. The highest BCUT2D eigenvalue weighted by molar-refractivity contribution is 5.17. The van der Waals surface area contributed by atoms with Crippen molar-refractivity contribution in [3.05, 3.63) is 0 Å². The second-order valence-electron chi connectivity index (χ2n) is 5.74. The molecule has 0 aromatic heterocycles. The molecule has 2 nitrogen and oxygen atoms in total. The number of likely N-dealkylation sites (N-methyl/N-ethyl adjacent to an activating group) is 1. The van der Waals surface area contributed by atoms with Crippen LogP contribution in [0.2, 0.25) is 0 Å². The molecule has 1 saturated heterocycles. The van der Waals surface area contributed by atoms with Gasteiger partial charge in [0.25, 0.3) is 5.92 Å². The molecule has 2 aliphatic rings. The Labute approximate surface area is 95.9 Å². The molecule has 1 saturated carbocycles. The summed E-state index contributed by atoms with van der Waals surface area (Å²) >= 11 is 0. The van der Waals surface area contributed by atoms with Gasteiger partial charge in [-0.15, -0.1) is 0 Å². The van der Waals surface area contributed by atoms with Gasteiger partial charge in [0.2, 0.25) is 0 Å². The third kappa shape index (κ3) is 1.86. The second-order valence-corrected chi connectivity index (χ2v) is 5.74. The van der Waals surface area contributed by atoms with Crippen molar-refractivity contribution < 1.29 is 13.5 Å². The number of hydrogen-bond donors (Lipinski definition) is 0. The Morgan fingerprint density at radius 2 is 1.88 bits per heavy atom. The van der Waals surface area contributed by atoms with Gasteiger partial charge in [-0.05, 0) is 34.2 Å². The van der Waals surface area contributed by atoms with E-state index in [-0.39, 0.29) is 24.7 Å². The largest absolute Gasteiger partial charge is 0.374 e. The summed E-state index contributed by atoms with van der Waals surface area (Å²) in [6.45, 7) is 6.46. The molecule has 0 amide bonds. The molecule has 4 heteroatoms. The second kappa shape index (κ2) is 3.64. The standard InChI is InChI=1S/C12H21F2NO/c1-8(2)16-9(3)10-5-11(7-15(10)4)6-12(11,13)14/h8-10H,5-7H2,1-4H3/t9-,10+,11?/m1/s1. The highest BCUT2D eigenvalue weighted by Crippen LogP contribution is 2.66. The average molecular weight is 233 g/mol. The Balaban J connectivity index is 1.98. The lowest BCUT2D eigenvalue weighted by atomic mass is 9.99. The number of ether oxygens (including phenoxy) is 1. The normalized spacial score (nSPS) is 39.6. The monoisotopic (exact) mass is 233 g/mol. The fourth-order valence-electron chi connectivity index (χ4n) is 3.03. The summed E-state index contributed by atoms with van der Waals surface area (Å²) in [5, 5.41) is 0. The Morgan fingerprint density at radius 3 is 2.25 bits per heavy atom. The van der Waals surface area contributed by atoms with Gasteiger partial charge < -0.3 is 9.64 Å². The zero-order chi connectivity index (χ0) is 12.1. The molecule has 0 N–H and O–H groups in total. The molecule has 1 aliphatic carbocycles. The van der Waals surface area contributed by atoms with Gasteiger partial charge in [0.15, 0.2) is 0 Å². The van der Waals surface area contributed by atoms with E-state index in [1.165, 1.54) is 0 Å². The van der Waals surface area contributed by atoms with Crippen molar-refractivity contribution >= 4 is 0 Å². The van der Waals surface area contributed by atoms with Gasteiger partial charge in [0, 0.05) is 19.0 Å². The quantitative estimate of drug-likeness (QED) is 0.742. The van der Waals surface area contributed by atoms with E-state index >= 15 is 0 Å². The summed E-state index contributed by atoms with van der Waals surface area (Å²) in [5.74, 6) is -2.44. The van der Waals surface area contributed by atoms with Crippen molar-refractivity contribution in [3.63, 3.8) is 0 Å². The van der Waals surface area contributed by atoms with Crippen molar-refractivity contribution in [2.45, 2.75) is 57.8 Å². The van der Waals surface area contributed by atoms with Crippen LogP contribution in [0.1, 0.15) is 33.6 Å². The first-order valence-electron chi connectivity index (χ1n) is 6.01.